The van der Waals surface area contributed by atoms with Gasteiger partial charge in [0.15, 0.2) is 0 Å². The Morgan fingerprint density at radius 1 is 1.25 bits per heavy atom. The third-order valence-electron chi connectivity index (χ3n) is 6.26. The lowest BCUT2D eigenvalue weighted by atomic mass is 10.1. The summed E-state index contributed by atoms with van der Waals surface area (Å²) in [5, 5.41) is 10.1. The zero-order chi connectivity index (χ0) is 22.2. The molecule has 0 saturated heterocycles. The fourth-order valence-electron chi connectivity index (χ4n) is 4.52. The third kappa shape index (κ3) is 4.49. The monoisotopic (exact) mass is 432 g/mol. The van der Waals surface area contributed by atoms with Crippen molar-refractivity contribution in [2.75, 3.05) is 11.6 Å². The van der Waals surface area contributed by atoms with Crippen LogP contribution in [-0.2, 0) is 13.1 Å². The van der Waals surface area contributed by atoms with Crippen LogP contribution in [0.2, 0.25) is 0 Å². The summed E-state index contributed by atoms with van der Waals surface area (Å²) < 4.78 is 0. The number of amidine groups is 1. The highest BCUT2D eigenvalue weighted by Crippen LogP contribution is 2.35. The van der Waals surface area contributed by atoms with Crippen LogP contribution in [0.1, 0.15) is 50.1 Å². The van der Waals surface area contributed by atoms with Crippen molar-refractivity contribution in [3.63, 3.8) is 0 Å². The van der Waals surface area contributed by atoms with Crippen LogP contribution in [0.15, 0.2) is 47.5 Å². The van der Waals surface area contributed by atoms with Gasteiger partial charge in [-0.15, -0.1) is 0 Å². The van der Waals surface area contributed by atoms with Gasteiger partial charge in [0.25, 0.3) is 0 Å². The van der Waals surface area contributed by atoms with Crippen molar-refractivity contribution >= 4 is 22.6 Å². The number of nitrogens with two attached hydrogens (primary N) is 1. The molecule has 1 atom stereocenters. The van der Waals surface area contributed by atoms with Gasteiger partial charge in [-0.3, -0.25) is 4.90 Å². The van der Waals surface area contributed by atoms with Gasteiger partial charge in [0.1, 0.15) is 17.9 Å². The van der Waals surface area contributed by atoms with Crippen LogP contribution in [-0.4, -0.2) is 44.7 Å². The van der Waals surface area contributed by atoms with Crippen molar-refractivity contribution in [2.45, 2.75) is 58.5 Å². The van der Waals surface area contributed by atoms with E-state index in [9.17, 15) is 5.11 Å². The lowest BCUT2D eigenvalue weighted by Crippen LogP contribution is -2.43. The molecule has 32 heavy (non-hydrogen) atoms. The zero-order valence-electron chi connectivity index (χ0n) is 18.8. The first-order chi connectivity index (χ1) is 15.5. The van der Waals surface area contributed by atoms with Crippen LogP contribution < -0.4 is 10.6 Å². The van der Waals surface area contributed by atoms with E-state index in [0.29, 0.717) is 18.2 Å². The van der Waals surface area contributed by atoms with E-state index in [1.807, 2.05) is 18.2 Å². The summed E-state index contributed by atoms with van der Waals surface area (Å²) in [6.07, 6.45) is 2.42. The van der Waals surface area contributed by atoms with Crippen molar-refractivity contribution in [1.29, 1.82) is 0 Å². The van der Waals surface area contributed by atoms with Crippen LogP contribution in [0.5, 0.6) is 0 Å². The Balaban J connectivity index is 1.37. The van der Waals surface area contributed by atoms with Gasteiger partial charge < -0.3 is 20.7 Å². The van der Waals surface area contributed by atoms with Crippen LogP contribution in [0.4, 0.5) is 5.69 Å². The number of rotatable bonds is 7. The van der Waals surface area contributed by atoms with E-state index >= 15 is 0 Å². The molecule has 0 spiro atoms. The van der Waals surface area contributed by atoms with Crippen LogP contribution in [0, 0.1) is 5.92 Å². The Bertz CT molecular complexity index is 1130. The first kappa shape index (κ1) is 21.0. The standard InChI is InChI=1S/C25H32N6O/c1-16(2)11-24(32)29-25(26)17-7-10-20-21(12-17)28-23(27-20)14-31-15-30(19-8-9-19)13-18-5-3-4-6-22(18)31/h3-7,10,12,16,19,24,32H,8-9,11,13-15H2,1-2H3,(H2,26,29)(H,27,28). The molecule has 3 aromatic rings. The minimum Gasteiger partial charge on any atom is -0.383 e. The number of aliphatic hydroxyl groups excluding tert-OH is 1. The number of aliphatic imine (C=N–C) groups is 1. The summed E-state index contributed by atoms with van der Waals surface area (Å²) >= 11 is 0. The van der Waals surface area contributed by atoms with Gasteiger partial charge in [-0.25, -0.2) is 9.98 Å². The molecule has 0 radical (unpaired) electrons. The number of benzene rings is 2. The molecule has 1 fully saturated rings. The van der Waals surface area contributed by atoms with Gasteiger partial charge in [0.05, 0.1) is 24.2 Å². The van der Waals surface area contributed by atoms with Gasteiger partial charge in [-0.1, -0.05) is 32.0 Å². The highest BCUT2D eigenvalue weighted by molar-refractivity contribution is 6.00. The summed E-state index contributed by atoms with van der Waals surface area (Å²) in [5.41, 5.74) is 11.5. The van der Waals surface area contributed by atoms with Crippen LogP contribution >= 0.6 is 0 Å². The van der Waals surface area contributed by atoms with Crippen molar-refractivity contribution < 1.29 is 5.11 Å². The number of aromatic nitrogens is 2. The number of hydrogen-bond acceptors (Lipinski definition) is 5. The molecule has 1 aromatic heterocycles. The largest absolute Gasteiger partial charge is 0.383 e. The molecule has 1 saturated carbocycles. The maximum atomic E-state index is 10.1. The van der Waals surface area contributed by atoms with E-state index in [0.717, 1.165) is 48.2 Å². The number of imidazole rings is 1. The molecule has 1 aliphatic carbocycles. The molecule has 2 heterocycles. The van der Waals surface area contributed by atoms with Gasteiger partial charge >= 0.3 is 0 Å². The fourth-order valence-corrected chi connectivity index (χ4v) is 4.52. The molecule has 4 N–H and O–H groups in total. The lowest BCUT2D eigenvalue weighted by molar-refractivity contribution is 0.158. The molecule has 2 aliphatic rings. The quantitative estimate of drug-likeness (QED) is 0.392. The molecule has 0 amide bonds. The average Bonchev–Trinajstić information content (AvgIpc) is 3.52. The number of anilines is 1. The van der Waals surface area contributed by atoms with Crippen molar-refractivity contribution in [1.82, 2.24) is 14.9 Å². The second-order valence-electron chi connectivity index (χ2n) is 9.49. The molecular weight excluding hydrogens is 400 g/mol. The summed E-state index contributed by atoms with van der Waals surface area (Å²) in [5.74, 6) is 1.64. The van der Waals surface area contributed by atoms with Crippen molar-refractivity contribution in [3.8, 4) is 0 Å². The molecular formula is C25H32N6O. The Labute approximate surface area is 189 Å². The molecule has 2 aromatic carbocycles. The van der Waals surface area contributed by atoms with Crippen LogP contribution in [0.3, 0.4) is 0 Å². The number of nitrogens with zero attached hydrogens (tertiary/aromatic N) is 4. The Hall–Kier alpha value is -2.90. The summed E-state index contributed by atoms with van der Waals surface area (Å²) in [4.78, 5) is 17.5. The second kappa shape index (κ2) is 8.56. The number of hydrogen-bond donors (Lipinski definition) is 3. The number of para-hydroxylation sites is 1. The third-order valence-corrected chi connectivity index (χ3v) is 6.26. The number of nitrogens with one attached hydrogen (secondary N) is 1. The van der Waals surface area contributed by atoms with E-state index in [-0.39, 0.29) is 0 Å². The van der Waals surface area contributed by atoms with Crippen molar-refractivity contribution in [3.05, 3.63) is 59.4 Å². The molecule has 7 heteroatoms. The zero-order valence-corrected chi connectivity index (χ0v) is 18.8. The van der Waals surface area contributed by atoms with E-state index < -0.39 is 6.23 Å². The molecule has 1 unspecified atom stereocenters. The highest BCUT2D eigenvalue weighted by atomic mass is 16.3. The number of fused-ring (bicyclic) bond motifs is 2. The summed E-state index contributed by atoms with van der Waals surface area (Å²) in [7, 11) is 0. The molecule has 1 aliphatic heterocycles. The van der Waals surface area contributed by atoms with Gasteiger partial charge in [-0.05, 0) is 55.0 Å². The minimum absolute atomic E-state index is 0.348. The Morgan fingerprint density at radius 2 is 2.06 bits per heavy atom. The van der Waals surface area contributed by atoms with E-state index in [2.05, 4.69) is 57.9 Å². The Morgan fingerprint density at radius 3 is 2.84 bits per heavy atom. The van der Waals surface area contributed by atoms with Gasteiger partial charge in [0, 0.05) is 23.8 Å². The maximum absolute atomic E-state index is 10.1. The number of aromatic amines is 1. The predicted octanol–water partition coefficient (Wildman–Crippen LogP) is 3.57. The highest BCUT2D eigenvalue weighted by Gasteiger charge is 2.33. The number of H-pyrrole nitrogens is 1. The van der Waals surface area contributed by atoms with Crippen LogP contribution in [0.25, 0.3) is 11.0 Å². The maximum Gasteiger partial charge on any atom is 0.147 e. The summed E-state index contributed by atoms with van der Waals surface area (Å²) in [6.45, 7) is 6.79. The molecule has 168 valence electrons. The Kier molecular flexibility index (Phi) is 5.61. The van der Waals surface area contributed by atoms with E-state index in [4.69, 9.17) is 10.7 Å². The minimum atomic E-state index is -0.781. The summed E-state index contributed by atoms with van der Waals surface area (Å²) in [6, 6.07) is 15.2. The van der Waals surface area contributed by atoms with E-state index in [1.54, 1.807) is 0 Å². The topological polar surface area (TPSA) is 93.8 Å². The van der Waals surface area contributed by atoms with Gasteiger partial charge in [-0.2, -0.15) is 0 Å². The first-order valence-corrected chi connectivity index (χ1v) is 11.5. The van der Waals surface area contributed by atoms with E-state index in [1.165, 1.54) is 24.1 Å². The average molecular weight is 433 g/mol. The predicted molar refractivity (Wildman–Crippen MR) is 128 cm³/mol. The molecule has 5 rings (SSSR count). The fraction of sp³-hybridized carbons (Fsp3) is 0.440. The molecule has 0 bridgehead atoms. The SMILES string of the molecule is CC(C)CC(O)N=C(N)c1ccc2nc(CN3CN(C4CC4)Cc4ccccc43)[nH]c2c1. The second-order valence-corrected chi connectivity index (χ2v) is 9.49. The first-order valence-electron chi connectivity index (χ1n) is 11.5. The smallest absolute Gasteiger partial charge is 0.147 e. The number of aliphatic hydroxyl groups is 1. The van der Waals surface area contributed by atoms with Gasteiger partial charge in [0.2, 0.25) is 0 Å². The van der Waals surface area contributed by atoms with Crippen molar-refractivity contribution in [2.24, 2.45) is 16.6 Å². The lowest BCUT2D eigenvalue weighted by Gasteiger charge is -2.38. The normalized spacial score (nSPS) is 18.4. The molecule has 7 nitrogen and oxygen atoms in total.